The highest BCUT2D eigenvalue weighted by Gasteiger charge is 2.23. The number of carbonyl (C=O) groups is 2. The Morgan fingerprint density at radius 1 is 0.865 bits per heavy atom. The third-order valence-corrected chi connectivity index (χ3v) is 6.91. The SMILES string of the molecule is CCOC(=O)c1c(-c2ccc(OCC)cc2)csc1NC(=O)COc1ccc(-c2ccccc2)cc1Br. The first-order chi connectivity index (χ1) is 18.0. The van der Waals surface area contributed by atoms with Gasteiger partial charge in [0, 0.05) is 10.9 Å². The normalized spacial score (nSPS) is 10.6. The van der Waals surface area contributed by atoms with E-state index in [4.69, 9.17) is 14.2 Å². The summed E-state index contributed by atoms with van der Waals surface area (Å²) in [6.07, 6.45) is 0. The summed E-state index contributed by atoms with van der Waals surface area (Å²) < 4.78 is 17.3. The number of carbonyl (C=O) groups excluding carboxylic acids is 2. The van der Waals surface area contributed by atoms with E-state index in [0.29, 0.717) is 28.5 Å². The molecule has 8 heteroatoms. The zero-order valence-electron chi connectivity index (χ0n) is 20.5. The van der Waals surface area contributed by atoms with E-state index in [0.717, 1.165) is 26.9 Å². The van der Waals surface area contributed by atoms with E-state index in [9.17, 15) is 9.59 Å². The molecule has 0 bridgehead atoms. The first kappa shape index (κ1) is 26.4. The monoisotopic (exact) mass is 579 g/mol. The lowest BCUT2D eigenvalue weighted by molar-refractivity contribution is -0.118. The molecule has 4 aromatic rings. The predicted octanol–water partition coefficient (Wildman–Crippen LogP) is 7.44. The Balaban J connectivity index is 1.48. The molecule has 0 atom stereocenters. The van der Waals surface area contributed by atoms with Gasteiger partial charge in [0.15, 0.2) is 6.61 Å². The van der Waals surface area contributed by atoms with Crippen molar-refractivity contribution >= 4 is 44.1 Å². The van der Waals surface area contributed by atoms with Crippen LogP contribution in [0.5, 0.6) is 11.5 Å². The molecule has 0 radical (unpaired) electrons. The Bertz CT molecular complexity index is 1370. The summed E-state index contributed by atoms with van der Waals surface area (Å²) >= 11 is 4.79. The topological polar surface area (TPSA) is 73.9 Å². The molecular formula is C29H26BrNO5S. The van der Waals surface area contributed by atoms with Crippen LogP contribution in [0, 0.1) is 0 Å². The maximum absolute atomic E-state index is 12.8. The molecule has 0 unspecified atom stereocenters. The maximum atomic E-state index is 12.8. The number of hydrogen-bond donors (Lipinski definition) is 1. The standard InChI is InChI=1S/C29H26BrNO5S/c1-3-34-22-13-10-20(11-14-22)23-18-37-28(27(23)29(33)35-4-2)31-26(32)17-36-25-15-12-21(16-24(25)30)19-8-6-5-7-9-19/h5-16,18H,3-4,17H2,1-2H3,(H,31,32). The van der Waals surface area contributed by atoms with Crippen molar-refractivity contribution in [3.8, 4) is 33.8 Å². The average Bonchev–Trinajstić information content (AvgIpc) is 3.32. The predicted molar refractivity (Wildman–Crippen MR) is 151 cm³/mol. The van der Waals surface area contributed by atoms with Gasteiger partial charge < -0.3 is 19.5 Å². The largest absolute Gasteiger partial charge is 0.494 e. The van der Waals surface area contributed by atoms with Crippen LogP contribution in [0.3, 0.4) is 0 Å². The molecule has 0 fully saturated rings. The lowest BCUT2D eigenvalue weighted by atomic mass is 10.0. The van der Waals surface area contributed by atoms with Crippen LogP contribution in [0.4, 0.5) is 5.00 Å². The quantitative estimate of drug-likeness (QED) is 0.198. The summed E-state index contributed by atoms with van der Waals surface area (Å²) in [6.45, 7) is 4.23. The van der Waals surface area contributed by atoms with Crippen molar-refractivity contribution in [2.75, 3.05) is 25.1 Å². The van der Waals surface area contributed by atoms with Crippen molar-refractivity contribution in [3.63, 3.8) is 0 Å². The van der Waals surface area contributed by atoms with E-state index in [2.05, 4.69) is 21.2 Å². The number of halogens is 1. The smallest absolute Gasteiger partial charge is 0.341 e. The second-order valence-corrected chi connectivity index (χ2v) is 9.61. The minimum Gasteiger partial charge on any atom is -0.494 e. The van der Waals surface area contributed by atoms with Gasteiger partial charge in [0.2, 0.25) is 0 Å². The van der Waals surface area contributed by atoms with E-state index < -0.39 is 5.97 Å². The molecule has 1 aromatic heterocycles. The van der Waals surface area contributed by atoms with E-state index in [1.807, 2.05) is 85.1 Å². The van der Waals surface area contributed by atoms with Crippen molar-refractivity contribution in [3.05, 3.63) is 88.2 Å². The van der Waals surface area contributed by atoms with Crippen LogP contribution in [0.1, 0.15) is 24.2 Å². The first-order valence-corrected chi connectivity index (χ1v) is 13.5. The molecule has 6 nitrogen and oxygen atoms in total. The van der Waals surface area contributed by atoms with E-state index in [1.165, 1.54) is 11.3 Å². The van der Waals surface area contributed by atoms with Gasteiger partial charge in [-0.05, 0) is 70.7 Å². The van der Waals surface area contributed by atoms with Crippen molar-refractivity contribution in [2.24, 2.45) is 0 Å². The van der Waals surface area contributed by atoms with Crippen LogP contribution in [-0.2, 0) is 9.53 Å². The zero-order valence-corrected chi connectivity index (χ0v) is 22.9. The van der Waals surface area contributed by atoms with Gasteiger partial charge in [0.25, 0.3) is 5.91 Å². The fourth-order valence-electron chi connectivity index (χ4n) is 3.70. The number of benzene rings is 3. The number of esters is 1. The minimum atomic E-state index is -0.497. The summed E-state index contributed by atoms with van der Waals surface area (Å²) in [5.74, 6) is 0.405. The fraction of sp³-hybridized carbons (Fsp3) is 0.172. The molecule has 1 amide bonds. The van der Waals surface area contributed by atoms with Crippen LogP contribution < -0.4 is 14.8 Å². The average molecular weight is 581 g/mol. The summed E-state index contributed by atoms with van der Waals surface area (Å²) in [7, 11) is 0. The number of anilines is 1. The Morgan fingerprint density at radius 3 is 2.27 bits per heavy atom. The summed E-state index contributed by atoms with van der Waals surface area (Å²) in [6, 6.07) is 23.1. The molecule has 0 saturated carbocycles. The van der Waals surface area contributed by atoms with E-state index in [1.54, 1.807) is 6.92 Å². The fourth-order valence-corrected chi connectivity index (χ4v) is 5.17. The van der Waals surface area contributed by atoms with Crippen LogP contribution in [-0.4, -0.2) is 31.7 Å². The van der Waals surface area contributed by atoms with Gasteiger partial charge in [-0.1, -0.05) is 48.5 Å². The second-order valence-electron chi connectivity index (χ2n) is 7.88. The highest BCUT2D eigenvalue weighted by atomic mass is 79.9. The summed E-state index contributed by atoms with van der Waals surface area (Å²) in [4.78, 5) is 25.6. The Hall–Kier alpha value is -3.62. The molecular weight excluding hydrogens is 554 g/mol. The molecule has 1 N–H and O–H groups in total. The Labute approximate surface area is 228 Å². The third kappa shape index (κ3) is 6.58. The highest BCUT2D eigenvalue weighted by Crippen LogP contribution is 2.37. The molecule has 3 aromatic carbocycles. The van der Waals surface area contributed by atoms with Crippen molar-refractivity contribution < 1.29 is 23.8 Å². The van der Waals surface area contributed by atoms with Gasteiger partial charge in [0.05, 0.1) is 17.7 Å². The molecule has 37 heavy (non-hydrogen) atoms. The molecule has 0 aliphatic heterocycles. The molecule has 0 aliphatic rings. The number of amides is 1. The first-order valence-electron chi connectivity index (χ1n) is 11.8. The highest BCUT2D eigenvalue weighted by molar-refractivity contribution is 9.10. The van der Waals surface area contributed by atoms with Gasteiger partial charge >= 0.3 is 5.97 Å². The molecule has 4 rings (SSSR count). The van der Waals surface area contributed by atoms with Gasteiger partial charge in [-0.2, -0.15) is 0 Å². The van der Waals surface area contributed by atoms with Crippen LogP contribution >= 0.6 is 27.3 Å². The van der Waals surface area contributed by atoms with Crippen molar-refractivity contribution in [2.45, 2.75) is 13.8 Å². The van der Waals surface area contributed by atoms with E-state index >= 15 is 0 Å². The zero-order chi connectivity index (χ0) is 26.2. The number of thiophene rings is 1. The molecule has 0 saturated heterocycles. The number of rotatable bonds is 10. The Morgan fingerprint density at radius 2 is 1.59 bits per heavy atom. The number of hydrogen-bond acceptors (Lipinski definition) is 6. The van der Waals surface area contributed by atoms with Gasteiger partial charge in [-0.25, -0.2) is 4.79 Å². The minimum absolute atomic E-state index is 0.220. The lowest BCUT2D eigenvalue weighted by Crippen LogP contribution is -2.21. The number of ether oxygens (including phenoxy) is 3. The number of nitrogens with one attached hydrogen (secondary N) is 1. The summed E-state index contributed by atoms with van der Waals surface area (Å²) in [5, 5.41) is 5.05. The van der Waals surface area contributed by atoms with E-state index in [-0.39, 0.29) is 19.1 Å². The van der Waals surface area contributed by atoms with Crippen molar-refractivity contribution in [1.29, 1.82) is 0 Å². The lowest BCUT2D eigenvalue weighted by Gasteiger charge is -2.11. The Kier molecular flexibility index (Phi) is 8.98. The van der Waals surface area contributed by atoms with Gasteiger partial charge in [0.1, 0.15) is 22.1 Å². The maximum Gasteiger partial charge on any atom is 0.341 e. The van der Waals surface area contributed by atoms with Crippen LogP contribution in [0.25, 0.3) is 22.3 Å². The van der Waals surface area contributed by atoms with Crippen LogP contribution in [0.15, 0.2) is 82.6 Å². The van der Waals surface area contributed by atoms with Crippen molar-refractivity contribution in [1.82, 2.24) is 0 Å². The summed E-state index contributed by atoms with van der Waals surface area (Å²) in [5.41, 5.74) is 3.94. The third-order valence-electron chi connectivity index (χ3n) is 5.40. The van der Waals surface area contributed by atoms with Gasteiger partial charge in [-0.3, -0.25) is 4.79 Å². The molecule has 1 heterocycles. The molecule has 0 spiro atoms. The van der Waals surface area contributed by atoms with Gasteiger partial charge in [-0.15, -0.1) is 11.3 Å². The van der Waals surface area contributed by atoms with Crippen LogP contribution in [0.2, 0.25) is 0 Å². The second kappa shape index (κ2) is 12.6. The molecule has 0 aliphatic carbocycles. The molecule has 190 valence electrons.